The summed E-state index contributed by atoms with van der Waals surface area (Å²) in [5.74, 6) is 2.38. The molecule has 0 aliphatic carbocycles. The molecule has 2 N–H and O–H groups in total. The van der Waals surface area contributed by atoms with E-state index in [4.69, 9.17) is 9.47 Å². The normalized spacial score (nSPS) is 11.3. The van der Waals surface area contributed by atoms with E-state index in [1.807, 2.05) is 12.1 Å². The smallest absolute Gasteiger partial charge is 0.163 e. The first-order valence-electron chi connectivity index (χ1n) is 7.10. The molecule has 0 saturated heterocycles. The van der Waals surface area contributed by atoms with Gasteiger partial charge < -0.3 is 24.7 Å². The second-order valence-corrected chi connectivity index (χ2v) is 5.21. The van der Waals surface area contributed by atoms with Crippen molar-refractivity contribution in [1.29, 1.82) is 0 Å². The van der Waals surface area contributed by atoms with Crippen LogP contribution in [0.2, 0.25) is 0 Å². The summed E-state index contributed by atoms with van der Waals surface area (Å²) in [5.41, 5.74) is 1.87. The lowest BCUT2D eigenvalue weighted by Gasteiger charge is -2.09. The number of hydrogen-bond donors (Lipinski definition) is 2. The molecule has 6 heteroatoms. The molecule has 0 amide bonds. The van der Waals surface area contributed by atoms with Gasteiger partial charge in [-0.15, -0.1) is 0 Å². The monoisotopic (exact) mass is 292 g/mol. The molecule has 0 atom stereocenters. The number of H-pyrrole nitrogens is 1. The lowest BCUT2D eigenvalue weighted by atomic mass is 10.3. The number of benzene rings is 1. The molecule has 0 bridgehead atoms. The molecular formula is C15H24N4O2. The standard InChI is InChI=1S/C15H24N4O2/c1-19(2)8-7-16-6-5-15-17-11-9-13(20-3)14(21-4)10-12(11)18-15/h9-10,16H,5-8H2,1-4H3,(H,17,18). The number of fused-ring (bicyclic) bond motifs is 1. The topological polar surface area (TPSA) is 62.4 Å². The fraction of sp³-hybridized carbons (Fsp3) is 0.533. The van der Waals surface area contributed by atoms with E-state index in [0.29, 0.717) is 11.5 Å². The molecule has 1 aromatic carbocycles. The van der Waals surface area contributed by atoms with Gasteiger partial charge in [-0.1, -0.05) is 0 Å². The Morgan fingerprint density at radius 1 is 1.14 bits per heavy atom. The zero-order valence-corrected chi connectivity index (χ0v) is 13.2. The van der Waals surface area contributed by atoms with Crippen molar-refractivity contribution < 1.29 is 9.47 Å². The molecule has 0 aliphatic heterocycles. The zero-order valence-electron chi connectivity index (χ0n) is 13.2. The van der Waals surface area contributed by atoms with E-state index >= 15 is 0 Å². The summed E-state index contributed by atoms with van der Waals surface area (Å²) < 4.78 is 10.6. The van der Waals surface area contributed by atoms with Gasteiger partial charge in [0.15, 0.2) is 11.5 Å². The predicted octanol–water partition coefficient (Wildman–Crippen LogP) is 1.27. The van der Waals surface area contributed by atoms with Gasteiger partial charge in [-0.05, 0) is 14.1 Å². The zero-order chi connectivity index (χ0) is 15.2. The van der Waals surface area contributed by atoms with Crippen LogP contribution in [0.25, 0.3) is 11.0 Å². The van der Waals surface area contributed by atoms with Crippen molar-refractivity contribution in [1.82, 2.24) is 20.2 Å². The van der Waals surface area contributed by atoms with Gasteiger partial charge >= 0.3 is 0 Å². The van der Waals surface area contributed by atoms with Gasteiger partial charge in [0.05, 0.1) is 25.3 Å². The van der Waals surface area contributed by atoms with Gasteiger partial charge in [-0.25, -0.2) is 4.98 Å². The Bertz CT molecular complexity index is 539. The van der Waals surface area contributed by atoms with E-state index in [0.717, 1.165) is 42.9 Å². The summed E-state index contributed by atoms with van der Waals surface area (Å²) in [6.45, 7) is 2.92. The van der Waals surface area contributed by atoms with Gasteiger partial charge in [0.2, 0.25) is 0 Å². The third kappa shape index (κ3) is 4.09. The minimum atomic E-state index is 0.701. The summed E-state index contributed by atoms with van der Waals surface area (Å²) >= 11 is 0. The molecule has 1 aromatic heterocycles. The highest BCUT2D eigenvalue weighted by molar-refractivity contribution is 5.79. The molecule has 6 nitrogen and oxygen atoms in total. The van der Waals surface area contributed by atoms with Crippen LogP contribution in [0.15, 0.2) is 12.1 Å². The Morgan fingerprint density at radius 2 is 1.86 bits per heavy atom. The predicted molar refractivity (Wildman–Crippen MR) is 84.3 cm³/mol. The first-order chi connectivity index (χ1) is 10.1. The molecule has 21 heavy (non-hydrogen) atoms. The van der Waals surface area contributed by atoms with Crippen molar-refractivity contribution in [3.63, 3.8) is 0 Å². The lowest BCUT2D eigenvalue weighted by molar-refractivity contribution is 0.356. The van der Waals surface area contributed by atoms with Crippen molar-refractivity contribution in [2.45, 2.75) is 6.42 Å². The number of ether oxygens (including phenoxy) is 2. The number of methoxy groups -OCH3 is 2. The number of likely N-dealkylation sites (N-methyl/N-ethyl adjacent to an activating group) is 1. The Morgan fingerprint density at radius 3 is 2.52 bits per heavy atom. The van der Waals surface area contributed by atoms with Gasteiger partial charge in [0, 0.05) is 38.2 Å². The number of nitrogens with zero attached hydrogens (tertiary/aromatic N) is 2. The second kappa shape index (κ2) is 7.28. The maximum Gasteiger partial charge on any atom is 0.163 e. The minimum absolute atomic E-state index is 0.701. The Hall–Kier alpha value is -1.79. The fourth-order valence-electron chi connectivity index (χ4n) is 2.14. The van der Waals surface area contributed by atoms with E-state index in [1.165, 1.54) is 0 Å². The summed E-state index contributed by atoms with van der Waals surface area (Å²) in [6, 6.07) is 3.82. The molecule has 1 heterocycles. The van der Waals surface area contributed by atoms with Crippen LogP contribution < -0.4 is 14.8 Å². The van der Waals surface area contributed by atoms with Gasteiger partial charge in [-0.3, -0.25) is 0 Å². The maximum absolute atomic E-state index is 5.30. The Balaban J connectivity index is 1.98. The van der Waals surface area contributed by atoms with E-state index in [2.05, 4.69) is 34.3 Å². The van der Waals surface area contributed by atoms with E-state index in [1.54, 1.807) is 14.2 Å². The summed E-state index contributed by atoms with van der Waals surface area (Å²) in [4.78, 5) is 10.1. The van der Waals surface area contributed by atoms with Crippen LogP contribution in [0.5, 0.6) is 11.5 Å². The Kier molecular flexibility index (Phi) is 5.41. The number of aromatic nitrogens is 2. The molecule has 0 unspecified atom stereocenters. The Labute approximate surface area is 125 Å². The number of rotatable bonds is 8. The average molecular weight is 292 g/mol. The fourth-order valence-corrected chi connectivity index (χ4v) is 2.14. The highest BCUT2D eigenvalue weighted by Gasteiger charge is 2.09. The number of imidazole rings is 1. The van der Waals surface area contributed by atoms with Crippen molar-refractivity contribution >= 4 is 11.0 Å². The molecule has 116 valence electrons. The van der Waals surface area contributed by atoms with E-state index in [9.17, 15) is 0 Å². The molecule has 2 aromatic rings. The van der Waals surface area contributed by atoms with Gasteiger partial charge in [0.25, 0.3) is 0 Å². The third-order valence-corrected chi connectivity index (χ3v) is 3.31. The van der Waals surface area contributed by atoms with E-state index < -0.39 is 0 Å². The van der Waals surface area contributed by atoms with Crippen molar-refractivity contribution in [2.24, 2.45) is 0 Å². The van der Waals surface area contributed by atoms with Crippen molar-refractivity contribution in [2.75, 3.05) is 47.9 Å². The van der Waals surface area contributed by atoms with Crippen LogP contribution >= 0.6 is 0 Å². The second-order valence-electron chi connectivity index (χ2n) is 5.21. The lowest BCUT2D eigenvalue weighted by Crippen LogP contribution is -2.28. The van der Waals surface area contributed by atoms with Crippen LogP contribution in [0.1, 0.15) is 5.82 Å². The van der Waals surface area contributed by atoms with Crippen LogP contribution in [-0.2, 0) is 6.42 Å². The highest BCUT2D eigenvalue weighted by atomic mass is 16.5. The van der Waals surface area contributed by atoms with Crippen LogP contribution in [0, 0.1) is 0 Å². The van der Waals surface area contributed by atoms with Crippen molar-refractivity contribution in [3.05, 3.63) is 18.0 Å². The summed E-state index contributed by atoms with van der Waals surface area (Å²) in [7, 11) is 7.41. The van der Waals surface area contributed by atoms with Gasteiger partial charge in [0.1, 0.15) is 5.82 Å². The number of aromatic amines is 1. The first-order valence-corrected chi connectivity index (χ1v) is 7.10. The molecule has 0 aliphatic rings. The highest BCUT2D eigenvalue weighted by Crippen LogP contribution is 2.30. The maximum atomic E-state index is 5.30. The van der Waals surface area contributed by atoms with E-state index in [-0.39, 0.29) is 0 Å². The number of hydrogen-bond acceptors (Lipinski definition) is 5. The largest absolute Gasteiger partial charge is 0.493 e. The van der Waals surface area contributed by atoms with Gasteiger partial charge in [-0.2, -0.15) is 0 Å². The SMILES string of the molecule is COc1cc2nc(CCNCCN(C)C)[nH]c2cc1OC. The first kappa shape index (κ1) is 15.6. The molecule has 0 saturated carbocycles. The third-order valence-electron chi connectivity index (χ3n) is 3.31. The minimum Gasteiger partial charge on any atom is -0.493 e. The molecule has 0 fully saturated rings. The average Bonchev–Trinajstić information content (AvgIpc) is 2.86. The summed E-state index contributed by atoms with van der Waals surface area (Å²) in [5, 5.41) is 3.40. The number of nitrogens with one attached hydrogen (secondary N) is 2. The van der Waals surface area contributed by atoms with Crippen LogP contribution in [0.4, 0.5) is 0 Å². The quantitative estimate of drug-likeness (QED) is 0.718. The van der Waals surface area contributed by atoms with Crippen LogP contribution in [-0.4, -0.2) is 62.8 Å². The molecule has 2 rings (SSSR count). The molecule has 0 spiro atoms. The van der Waals surface area contributed by atoms with Crippen LogP contribution in [0.3, 0.4) is 0 Å². The van der Waals surface area contributed by atoms with Crippen molar-refractivity contribution in [3.8, 4) is 11.5 Å². The summed E-state index contributed by atoms with van der Waals surface area (Å²) in [6.07, 6.45) is 0.868. The molecular weight excluding hydrogens is 268 g/mol. The molecule has 0 radical (unpaired) electrons.